The SMILES string of the molecule is CC(=O)N1CCC(C(=O)Nc2cc(C(C)C)ccc2C)CC1. The van der Waals surface area contributed by atoms with E-state index >= 15 is 0 Å². The Bertz CT molecular complexity index is 558. The number of anilines is 1. The first kappa shape index (κ1) is 16.5. The average molecular weight is 302 g/mol. The zero-order valence-electron chi connectivity index (χ0n) is 14.0. The normalized spacial score (nSPS) is 16.0. The lowest BCUT2D eigenvalue weighted by atomic mass is 9.95. The molecule has 120 valence electrons. The van der Waals surface area contributed by atoms with Gasteiger partial charge in [0.15, 0.2) is 0 Å². The van der Waals surface area contributed by atoms with Gasteiger partial charge in [-0.25, -0.2) is 0 Å². The predicted molar refractivity (Wildman–Crippen MR) is 88.9 cm³/mol. The maximum absolute atomic E-state index is 12.5. The summed E-state index contributed by atoms with van der Waals surface area (Å²) in [5.74, 6) is 0.610. The summed E-state index contributed by atoms with van der Waals surface area (Å²) in [7, 11) is 0. The van der Waals surface area contributed by atoms with Crippen LogP contribution in [0.3, 0.4) is 0 Å². The van der Waals surface area contributed by atoms with E-state index in [0.717, 1.165) is 24.1 Å². The van der Waals surface area contributed by atoms with Gasteiger partial charge in [-0.15, -0.1) is 0 Å². The van der Waals surface area contributed by atoms with Crippen molar-refractivity contribution in [3.63, 3.8) is 0 Å². The fraction of sp³-hybridized carbons (Fsp3) is 0.556. The van der Waals surface area contributed by atoms with Crippen LogP contribution in [0.1, 0.15) is 50.7 Å². The van der Waals surface area contributed by atoms with Crippen LogP contribution in [0.5, 0.6) is 0 Å². The summed E-state index contributed by atoms with van der Waals surface area (Å²) in [6, 6.07) is 6.24. The van der Waals surface area contributed by atoms with Crippen molar-refractivity contribution in [3.8, 4) is 0 Å². The van der Waals surface area contributed by atoms with Crippen LogP contribution in [-0.2, 0) is 9.59 Å². The smallest absolute Gasteiger partial charge is 0.227 e. The number of carbonyl (C=O) groups excluding carboxylic acids is 2. The van der Waals surface area contributed by atoms with E-state index in [9.17, 15) is 9.59 Å². The molecular weight excluding hydrogens is 276 g/mol. The number of hydrogen-bond donors (Lipinski definition) is 1. The first-order valence-electron chi connectivity index (χ1n) is 8.05. The molecule has 1 aliphatic heterocycles. The first-order chi connectivity index (χ1) is 10.4. The van der Waals surface area contributed by atoms with Crippen LogP contribution in [0, 0.1) is 12.8 Å². The molecular formula is C18H26N2O2. The van der Waals surface area contributed by atoms with Crippen LogP contribution >= 0.6 is 0 Å². The second-order valence-corrected chi connectivity index (χ2v) is 6.50. The summed E-state index contributed by atoms with van der Waals surface area (Å²) in [5, 5.41) is 3.08. The Kier molecular flexibility index (Phi) is 5.22. The van der Waals surface area contributed by atoms with E-state index < -0.39 is 0 Å². The number of hydrogen-bond acceptors (Lipinski definition) is 2. The lowest BCUT2D eigenvalue weighted by molar-refractivity contribution is -0.132. The van der Waals surface area contributed by atoms with Gasteiger partial charge < -0.3 is 10.2 Å². The number of nitrogens with zero attached hydrogens (tertiary/aromatic N) is 1. The van der Waals surface area contributed by atoms with Crippen LogP contribution in [-0.4, -0.2) is 29.8 Å². The standard InChI is InChI=1S/C18H26N2O2/c1-12(2)16-6-5-13(3)17(11-16)19-18(22)15-7-9-20(10-8-15)14(4)21/h5-6,11-12,15H,7-10H2,1-4H3,(H,19,22). The van der Waals surface area contributed by atoms with E-state index in [-0.39, 0.29) is 17.7 Å². The fourth-order valence-corrected chi connectivity index (χ4v) is 2.82. The van der Waals surface area contributed by atoms with Crippen LogP contribution in [0.25, 0.3) is 0 Å². The molecule has 1 aliphatic rings. The number of amides is 2. The Morgan fingerprint density at radius 2 is 1.86 bits per heavy atom. The number of likely N-dealkylation sites (tertiary alicyclic amines) is 1. The highest BCUT2D eigenvalue weighted by atomic mass is 16.2. The van der Waals surface area contributed by atoms with Crippen molar-refractivity contribution in [3.05, 3.63) is 29.3 Å². The minimum atomic E-state index is -0.00212. The second-order valence-electron chi connectivity index (χ2n) is 6.50. The van der Waals surface area contributed by atoms with Gasteiger partial charge in [-0.1, -0.05) is 26.0 Å². The molecule has 22 heavy (non-hydrogen) atoms. The lowest BCUT2D eigenvalue weighted by Crippen LogP contribution is -2.40. The third-order valence-corrected chi connectivity index (χ3v) is 4.50. The van der Waals surface area contributed by atoms with Crippen molar-refractivity contribution >= 4 is 17.5 Å². The highest BCUT2D eigenvalue weighted by Crippen LogP contribution is 2.24. The molecule has 1 aromatic rings. The van der Waals surface area contributed by atoms with Crippen molar-refractivity contribution in [1.29, 1.82) is 0 Å². The van der Waals surface area contributed by atoms with Gasteiger partial charge in [-0.2, -0.15) is 0 Å². The van der Waals surface area contributed by atoms with E-state index in [1.165, 1.54) is 5.56 Å². The number of benzene rings is 1. The summed E-state index contributed by atoms with van der Waals surface area (Å²) < 4.78 is 0. The molecule has 1 heterocycles. The van der Waals surface area contributed by atoms with Gasteiger partial charge in [-0.3, -0.25) is 9.59 Å². The summed E-state index contributed by atoms with van der Waals surface area (Å²) >= 11 is 0. The van der Waals surface area contributed by atoms with E-state index in [0.29, 0.717) is 19.0 Å². The summed E-state index contributed by atoms with van der Waals surface area (Å²) in [6.45, 7) is 9.25. The highest BCUT2D eigenvalue weighted by molar-refractivity contribution is 5.93. The molecule has 0 unspecified atom stereocenters. The number of aryl methyl sites for hydroxylation is 1. The van der Waals surface area contributed by atoms with Crippen molar-refractivity contribution in [2.24, 2.45) is 5.92 Å². The molecule has 1 N–H and O–H groups in total. The maximum atomic E-state index is 12.5. The van der Waals surface area contributed by atoms with Crippen LogP contribution in [0.2, 0.25) is 0 Å². The largest absolute Gasteiger partial charge is 0.343 e. The zero-order valence-corrected chi connectivity index (χ0v) is 14.0. The Hall–Kier alpha value is -1.84. The van der Waals surface area contributed by atoms with Gasteiger partial charge in [-0.05, 0) is 42.9 Å². The van der Waals surface area contributed by atoms with E-state index in [1.807, 2.05) is 11.8 Å². The van der Waals surface area contributed by atoms with Gasteiger partial charge in [0.2, 0.25) is 11.8 Å². The molecule has 0 aromatic heterocycles. The minimum Gasteiger partial charge on any atom is -0.343 e. The lowest BCUT2D eigenvalue weighted by Gasteiger charge is -2.30. The third-order valence-electron chi connectivity index (χ3n) is 4.50. The van der Waals surface area contributed by atoms with Crippen molar-refractivity contribution < 1.29 is 9.59 Å². The molecule has 0 bridgehead atoms. The Balaban J connectivity index is 2.01. The minimum absolute atomic E-state index is 0.00212. The van der Waals surface area contributed by atoms with Crippen LogP contribution < -0.4 is 5.32 Å². The van der Waals surface area contributed by atoms with Crippen LogP contribution in [0.4, 0.5) is 5.69 Å². The van der Waals surface area contributed by atoms with Crippen molar-refractivity contribution in [2.75, 3.05) is 18.4 Å². The molecule has 0 radical (unpaired) electrons. The molecule has 0 saturated carbocycles. The number of piperidine rings is 1. The van der Waals surface area contributed by atoms with E-state index in [4.69, 9.17) is 0 Å². The molecule has 2 amide bonds. The monoisotopic (exact) mass is 302 g/mol. The third kappa shape index (κ3) is 3.87. The summed E-state index contributed by atoms with van der Waals surface area (Å²) in [6.07, 6.45) is 1.49. The van der Waals surface area contributed by atoms with Gasteiger partial charge in [0.05, 0.1) is 0 Å². The van der Waals surface area contributed by atoms with Gasteiger partial charge >= 0.3 is 0 Å². The number of nitrogens with one attached hydrogen (secondary N) is 1. The molecule has 0 spiro atoms. The molecule has 1 saturated heterocycles. The van der Waals surface area contributed by atoms with Gasteiger partial charge in [0, 0.05) is 31.6 Å². The predicted octanol–water partition coefficient (Wildman–Crippen LogP) is 3.32. The highest BCUT2D eigenvalue weighted by Gasteiger charge is 2.26. The number of rotatable bonds is 3. The van der Waals surface area contributed by atoms with Crippen LogP contribution in [0.15, 0.2) is 18.2 Å². The first-order valence-corrected chi connectivity index (χ1v) is 8.05. The Morgan fingerprint density at radius 1 is 1.23 bits per heavy atom. The van der Waals surface area contributed by atoms with Crippen molar-refractivity contribution in [2.45, 2.75) is 46.5 Å². The fourth-order valence-electron chi connectivity index (χ4n) is 2.82. The molecule has 4 nitrogen and oxygen atoms in total. The quantitative estimate of drug-likeness (QED) is 0.931. The topological polar surface area (TPSA) is 49.4 Å². The van der Waals surface area contributed by atoms with Crippen molar-refractivity contribution in [1.82, 2.24) is 4.90 Å². The van der Waals surface area contributed by atoms with Gasteiger partial charge in [0.25, 0.3) is 0 Å². The zero-order chi connectivity index (χ0) is 16.3. The maximum Gasteiger partial charge on any atom is 0.227 e. The summed E-state index contributed by atoms with van der Waals surface area (Å²) in [5.41, 5.74) is 3.22. The van der Waals surface area contributed by atoms with E-state index in [1.54, 1.807) is 6.92 Å². The Morgan fingerprint density at radius 3 is 2.41 bits per heavy atom. The molecule has 1 aromatic carbocycles. The molecule has 2 rings (SSSR count). The average Bonchev–Trinajstić information content (AvgIpc) is 2.49. The second kappa shape index (κ2) is 6.95. The Labute approximate surface area is 132 Å². The number of carbonyl (C=O) groups is 2. The summed E-state index contributed by atoms with van der Waals surface area (Å²) in [4.78, 5) is 25.6. The molecule has 1 fully saturated rings. The van der Waals surface area contributed by atoms with E-state index in [2.05, 4.69) is 37.4 Å². The van der Waals surface area contributed by atoms with Gasteiger partial charge in [0.1, 0.15) is 0 Å². The molecule has 0 atom stereocenters. The molecule has 4 heteroatoms. The molecule has 0 aliphatic carbocycles.